The number of nitrogens with one attached hydrogen (secondary N) is 1. The Hall–Kier alpha value is -2.76. The normalized spacial score (nSPS) is 18.1. The van der Waals surface area contributed by atoms with Crippen molar-refractivity contribution in [1.82, 2.24) is 10.4 Å². The molecule has 2 unspecified atom stereocenters. The number of ether oxygens (including phenoxy) is 1. The fourth-order valence-corrected chi connectivity index (χ4v) is 4.58. The van der Waals surface area contributed by atoms with Gasteiger partial charge in [-0.1, -0.05) is 42.5 Å². The Labute approximate surface area is 219 Å². The van der Waals surface area contributed by atoms with Crippen molar-refractivity contribution in [3.63, 3.8) is 0 Å². The fourth-order valence-electron chi connectivity index (χ4n) is 4.58. The molecule has 200 valence electrons. The summed E-state index contributed by atoms with van der Waals surface area (Å²) in [7, 11) is 0. The number of carbonyl (C=O) groups is 1. The molecule has 1 aliphatic heterocycles. The van der Waals surface area contributed by atoms with Gasteiger partial charge < -0.3 is 9.84 Å². The summed E-state index contributed by atoms with van der Waals surface area (Å²) in [5, 5.41) is 19.7. The van der Waals surface area contributed by atoms with Gasteiger partial charge in [-0.3, -0.25) is 14.9 Å². The molecule has 0 bridgehead atoms. The van der Waals surface area contributed by atoms with E-state index in [-0.39, 0.29) is 6.42 Å². The summed E-state index contributed by atoms with van der Waals surface area (Å²) in [4.78, 5) is 14.6. The Kier molecular flexibility index (Phi) is 10.2. The zero-order chi connectivity index (χ0) is 26.9. The second-order valence-electron chi connectivity index (χ2n) is 10.3. The zero-order valence-electron chi connectivity index (χ0n) is 22.1. The lowest BCUT2D eigenvalue weighted by Crippen LogP contribution is -2.57. The number of hydrogen-bond acceptors (Lipinski definition) is 5. The van der Waals surface area contributed by atoms with Crippen molar-refractivity contribution in [3.05, 3.63) is 70.8 Å². The summed E-state index contributed by atoms with van der Waals surface area (Å²) in [5.74, 6) is 5.66. The van der Waals surface area contributed by atoms with E-state index in [1.54, 1.807) is 5.48 Å². The highest BCUT2D eigenvalue weighted by Crippen LogP contribution is 2.40. The van der Waals surface area contributed by atoms with Gasteiger partial charge in [0.05, 0.1) is 18.6 Å². The van der Waals surface area contributed by atoms with Crippen LogP contribution >= 0.6 is 0 Å². The Morgan fingerprint density at radius 3 is 2.08 bits per heavy atom. The first kappa shape index (κ1) is 28.8. The van der Waals surface area contributed by atoms with E-state index >= 15 is 0 Å². The first-order valence-electron chi connectivity index (χ1n) is 13.0. The second kappa shape index (κ2) is 13.2. The minimum absolute atomic E-state index is 0.245. The molecule has 3 rings (SSSR count). The van der Waals surface area contributed by atoms with E-state index in [9.17, 15) is 14.3 Å². The van der Waals surface area contributed by atoms with Crippen molar-refractivity contribution in [2.24, 2.45) is 5.41 Å². The Morgan fingerprint density at radius 1 is 1.03 bits per heavy atom. The third-order valence-electron chi connectivity index (χ3n) is 7.66. The number of morpholine rings is 1. The highest BCUT2D eigenvalue weighted by molar-refractivity contribution is 5.82. The summed E-state index contributed by atoms with van der Waals surface area (Å²) in [5.41, 5.74) is 2.56. The van der Waals surface area contributed by atoms with E-state index in [1.807, 2.05) is 24.3 Å². The van der Waals surface area contributed by atoms with E-state index in [2.05, 4.69) is 41.0 Å². The number of amides is 1. The fraction of sp³-hybridized carbons (Fsp3) is 0.500. The van der Waals surface area contributed by atoms with Crippen LogP contribution in [0.3, 0.4) is 0 Å². The molecule has 6 nitrogen and oxygen atoms in total. The first-order valence-corrected chi connectivity index (χ1v) is 13.0. The number of hydroxylamine groups is 1. The number of alkyl halides is 1. The molecule has 3 atom stereocenters. The topological polar surface area (TPSA) is 82.0 Å². The number of unbranched alkanes of at least 4 members (excludes halogenated alkanes) is 1. The maximum atomic E-state index is 14.0. The molecule has 1 fully saturated rings. The second-order valence-corrected chi connectivity index (χ2v) is 10.3. The van der Waals surface area contributed by atoms with E-state index in [4.69, 9.17) is 9.94 Å². The van der Waals surface area contributed by atoms with Crippen LogP contribution in [0.5, 0.6) is 0 Å². The van der Waals surface area contributed by atoms with Gasteiger partial charge in [0.25, 0.3) is 5.91 Å². The molecule has 37 heavy (non-hydrogen) atoms. The highest BCUT2D eigenvalue weighted by atomic mass is 19.1. The Balaban J connectivity index is 1.50. The van der Waals surface area contributed by atoms with Gasteiger partial charge in [-0.15, -0.1) is 0 Å². The largest absolute Gasteiger partial charge is 0.386 e. The quantitative estimate of drug-likeness (QED) is 0.193. The predicted molar refractivity (Wildman–Crippen MR) is 142 cm³/mol. The molecule has 0 aromatic heterocycles. The molecule has 2 aromatic rings. The van der Waals surface area contributed by atoms with Crippen molar-refractivity contribution in [2.75, 3.05) is 26.3 Å². The molecule has 7 heteroatoms. The number of aryl methyl sites for hydroxylation is 1. The molecular formula is C30H39FN2O4. The van der Waals surface area contributed by atoms with E-state index in [1.165, 1.54) is 26.3 Å². The van der Waals surface area contributed by atoms with Crippen molar-refractivity contribution in [3.8, 4) is 11.8 Å². The molecule has 1 heterocycles. The van der Waals surface area contributed by atoms with Crippen molar-refractivity contribution < 1.29 is 24.2 Å². The zero-order valence-corrected chi connectivity index (χ0v) is 22.1. The number of hydrogen-bond donors (Lipinski definition) is 3. The van der Waals surface area contributed by atoms with Crippen LogP contribution in [-0.2, 0) is 22.5 Å². The average Bonchev–Trinajstić information content (AvgIpc) is 2.91. The van der Waals surface area contributed by atoms with Crippen molar-refractivity contribution >= 4 is 5.91 Å². The molecule has 2 aromatic carbocycles. The summed E-state index contributed by atoms with van der Waals surface area (Å²) >= 11 is 0. The smallest absolute Gasteiger partial charge is 0.252 e. The van der Waals surface area contributed by atoms with Crippen LogP contribution in [0.1, 0.15) is 62.3 Å². The molecule has 0 aliphatic carbocycles. The van der Waals surface area contributed by atoms with E-state index in [0.29, 0.717) is 6.42 Å². The number of nitrogens with zero attached hydrogens (tertiary/aromatic N) is 1. The van der Waals surface area contributed by atoms with E-state index in [0.717, 1.165) is 62.4 Å². The molecular weight excluding hydrogens is 471 g/mol. The first-order chi connectivity index (χ1) is 17.7. The standard InChI is InChI=1S/C30H39FN2O4/c1-23(31)30(3,35)29(2,28(34)32-36)17-5-4-6-24-7-9-25(10-8-24)11-12-26-13-15-27(16-14-26)22-33-18-20-37-21-19-33/h7-10,13-16,23,35-36H,4-6,17-22H2,1-3H3,(H,32,34)/t23?,29?,30-/m1/s1. The lowest BCUT2D eigenvalue weighted by atomic mass is 9.68. The van der Waals surface area contributed by atoms with Gasteiger partial charge in [0.15, 0.2) is 0 Å². The van der Waals surface area contributed by atoms with Crippen molar-refractivity contribution in [1.29, 1.82) is 0 Å². The molecule has 0 radical (unpaired) electrons. The van der Waals surface area contributed by atoms with Crippen molar-refractivity contribution in [2.45, 2.75) is 64.8 Å². The Bertz CT molecular complexity index is 1070. The summed E-state index contributed by atoms with van der Waals surface area (Å²) in [6, 6.07) is 16.4. The molecule has 1 aliphatic rings. The minimum Gasteiger partial charge on any atom is -0.386 e. The third kappa shape index (κ3) is 7.62. The van der Waals surface area contributed by atoms with Crippen LogP contribution in [0.2, 0.25) is 0 Å². The highest BCUT2D eigenvalue weighted by Gasteiger charge is 2.52. The monoisotopic (exact) mass is 510 g/mol. The van der Waals surface area contributed by atoms with Gasteiger partial charge in [-0.25, -0.2) is 9.87 Å². The minimum atomic E-state index is -1.90. The SMILES string of the molecule is CC(F)[C@@](C)(O)C(C)(CCCCc1ccc(C#Cc2ccc(CN3CCOCC3)cc2)cc1)C(=O)NO. The van der Waals surface area contributed by atoms with Crippen LogP contribution in [0.4, 0.5) is 4.39 Å². The molecule has 1 saturated heterocycles. The van der Waals surface area contributed by atoms with Gasteiger partial charge in [0, 0.05) is 30.8 Å². The van der Waals surface area contributed by atoms with Gasteiger partial charge >= 0.3 is 0 Å². The predicted octanol–water partition coefficient (Wildman–Crippen LogP) is 4.25. The maximum Gasteiger partial charge on any atom is 0.252 e. The molecule has 3 N–H and O–H groups in total. The summed E-state index contributed by atoms with van der Waals surface area (Å²) in [6.07, 6.45) is 0.747. The third-order valence-corrected chi connectivity index (χ3v) is 7.66. The molecule has 1 amide bonds. The number of aliphatic hydroxyl groups is 1. The van der Waals surface area contributed by atoms with Gasteiger partial charge in [0.1, 0.15) is 11.8 Å². The maximum absolute atomic E-state index is 14.0. The number of carbonyl (C=O) groups excluding carboxylic acids is 1. The van der Waals surface area contributed by atoms with Crippen LogP contribution in [-0.4, -0.2) is 59.2 Å². The Morgan fingerprint density at radius 2 is 1.57 bits per heavy atom. The van der Waals surface area contributed by atoms with Gasteiger partial charge in [-0.2, -0.15) is 0 Å². The lowest BCUT2D eigenvalue weighted by molar-refractivity contribution is -0.166. The number of rotatable bonds is 10. The molecule has 0 spiro atoms. The van der Waals surface area contributed by atoms with Crippen LogP contribution in [0.25, 0.3) is 0 Å². The summed E-state index contributed by atoms with van der Waals surface area (Å²) < 4.78 is 19.4. The number of halogens is 1. The van der Waals surface area contributed by atoms with Crippen LogP contribution < -0.4 is 5.48 Å². The lowest BCUT2D eigenvalue weighted by Gasteiger charge is -2.42. The molecule has 0 saturated carbocycles. The van der Waals surface area contributed by atoms with Crippen LogP contribution in [0, 0.1) is 17.3 Å². The van der Waals surface area contributed by atoms with Crippen LogP contribution in [0.15, 0.2) is 48.5 Å². The average molecular weight is 511 g/mol. The number of benzene rings is 2. The van der Waals surface area contributed by atoms with Gasteiger partial charge in [0.2, 0.25) is 0 Å². The van der Waals surface area contributed by atoms with Gasteiger partial charge in [-0.05, 0) is 75.4 Å². The van der Waals surface area contributed by atoms with E-state index < -0.39 is 23.1 Å². The summed E-state index contributed by atoms with van der Waals surface area (Å²) in [6.45, 7) is 8.47.